The molecular formula is C11H13F2NO. The van der Waals surface area contributed by atoms with Crippen LogP contribution in [0.25, 0.3) is 0 Å². The predicted octanol–water partition coefficient (Wildman–Crippen LogP) is 2.40. The Morgan fingerprint density at radius 3 is 2.67 bits per heavy atom. The molecule has 0 aromatic heterocycles. The highest BCUT2D eigenvalue weighted by Crippen LogP contribution is 2.32. The van der Waals surface area contributed by atoms with Crippen LogP contribution < -0.4 is 10.1 Å². The first kappa shape index (κ1) is 10.4. The zero-order valence-corrected chi connectivity index (χ0v) is 8.52. The van der Waals surface area contributed by atoms with Gasteiger partial charge in [-0.3, -0.25) is 0 Å². The van der Waals surface area contributed by atoms with Crippen molar-refractivity contribution in [2.75, 3.05) is 13.7 Å². The van der Waals surface area contributed by atoms with Crippen LogP contribution in [-0.4, -0.2) is 13.7 Å². The van der Waals surface area contributed by atoms with E-state index in [0.717, 1.165) is 25.5 Å². The summed E-state index contributed by atoms with van der Waals surface area (Å²) in [7, 11) is 1.46. The lowest BCUT2D eigenvalue weighted by molar-refractivity contribution is 0.394. The molecule has 1 heterocycles. The summed E-state index contributed by atoms with van der Waals surface area (Å²) in [5.41, 5.74) is 0.703. The van der Waals surface area contributed by atoms with E-state index in [0.29, 0.717) is 11.3 Å². The van der Waals surface area contributed by atoms with Gasteiger partial charge < -0.3 is 10.1 Å². The number of rotatable bonds is 2. The lowest BCUT2D eigenvalue weighted by Gasteiger charge is -2.15. The second-order valence-electron chi connectivity index (χ2n) is 3.66. The van der Waals surface area contributed by atoms with Crippen molar-refractivity contribution in [2.45, 2.75) is 18.9 Å². The lowest BCUT2D eigenvalue weighted by atomic mass is 10.0. The third-order valence-corrected chi connectivity index (χ3v) is 2.71. The lowest BCUT2D eigenvalue weighted by Crippen LogP contribution is -2.14. The Balaban J connectivity index is 2.39. The molecule has 1 fully saturated rings. The summed E-state index contributed by atoms with van der Waals surface area (Å²) in [5, 5.41) is 3.23. The minimum atomic E-state index is -0.867. The van der Waals surface area contributed by atoms with E-state index in [1.807, 2.05) is 0 Å². The summed E-state index contributed by atoms with van der Waals surface area (Å²) in [5.74, 6) is -1.28. The third kappa shape index (κ3) is 1.95. The van der Waals surface area contributed by atoms with E-state index < -0.39 is 11.6 Å². The summed E-state index contributed by atoms with van der Waals surface area (Å²) < 4.78 is 31.1. The SMILES string of the molecule is COc1cc(F)c(F)cc1C1CCCN1. The van der Waals surface area contributed by atoms with E-state index in [1.165, 1.54) is 13.2 Å². The summed E-state index contributed by atoms with van der Waals surface area (Å²) >= 11 is 0. The average Bonchev–Trinajstić information content (AvgIpc) is 2.74. The first-order valence-corrected chi connectivity index (χ1v) is 4.98. The zero-order chi connectivity index (χ0) is 10.8. The fourth-order valence-corrected chi connectivity index (χ4v) is 1.94. The van der Waals surface area contributed by atoms with Gasteiger partial charge in [-0.05, 0) is 25.5 Å². The molecule has 1 N–H and O–H groups in total. The first-order valence-electron chi connectivity index (χ1n) is 4.98. The molecule has 1 aromatic carbocycles. The highest BCUT2D eigenvalue weighted by molar-refractivity contribution is 5.37. The number of benzene rings is 1. The van der Waals surface area contributed by atoms with Crippen LogP contribution in [0.3, 0.4) is 0 Å². The summed E-state index contributed by atoms with van der Waals surface area (Å²) in [6.45, 7) is 0.910. The van der Waals surface area contributed by atoms with E-state index in [4.69, 9.17) is 4.74 Å². The molecular weight excluding hydrogens is 200 g/mol. The van der Waals surface area contributed by atoms with Gasteiger partial charge in [-0.2, -0.15) is 0 Å². The van der Waals surface area contributed by atoms with E-state index in [1.54, 1.807) is 0 Å². The topological polar surface area (TPSA) is 21.3 Å². The zero-order valence-electron chi connectivity index (χ0n) is 8.52. The highest BCUT2D eigenvalue weighted by Gasteiger charge is 2.21. The number of methoxy groups -OCH3 is 1. The number of hydrogen-bond acceptors (Lipinski definition) is 2. The first-order chi connectivity index (χ1) is 7.22. The van der Waals surface area contributed by atoms with E-state index >= 15 is 0 Å². The Morgan fingerprint density at radius 2 is 2.07 bits per heavy atom. The van der Waals surface area contributed by atoms with Crippen LogP contribution >= 0.6 is 0 Å². The van der Waals surface area contributed by atoms with Gasteiger partial charge in [-0.25, -0.2) is 8.78 Å². The number of halogens is 2. The van der Waals surface area contributed by atoms with Gasteiger partial charge in [0.2, 0.25) is 0 Å². The van der Waals surface area contributed by atoms with Gasteiger partial charge in [0.1, 0.15) is 5.75 Å². The normalized spacial score (nSPS) is 20.6. The minimum absolute atomic E-state index is 0.0787. The molecule has 1 aromatic rings. The van der Waals surface area contributed by atoms with Gasteiger partial charge in [0.15, 0.2) is 11.6 Å². The third-order valence-electron chi connectivity index (χ3n) is 2.71. The maximum absolute atomic E-state index is 13.1. The molecule has 0 saturated carbocycles. The van der Waals surface area contributed by atoms with Gasteiger partial charge in [-0.15, -0.1) is 0 Å². The molecule has 0 amide bonds. The van der Waals surface area contributed by atoms with Crippen LogP contribution in [0.15, 0.2) is 12.1 Å². The van der Waals surface area contributed by atoms with Crippen molar-refractivity contribution >= 4 is 0 Å². The number of ether oxygens (including phenoxy) is 1. The van der Waals surface area contributed by atoms with Gasteiger partial charge >= 0.3 is 0 Å². The van der Waals surface area contributed by atoms with Gasteiger partial charge in [0.25, 0.3) is 0 Å². The molecule has 15 heavy (non-hydrogen) atoms. The molecule has 1 aliphatic rings. The monoisotopic (exact) mass is 213 g/mol. The largest absolute Gasteiger partial charge is 0.496 e. The summed E-state index contributed by atoms with van der Waals surface area (Å²) in [4.78, 5) is 0. The number of nitrogens with one attached hydrogen (secondary N) is 1. The Kier molecular flexibility index (Phi) is 2.86. The van der Waals surface area contributed by atoms with Crippen LogP contribution in [0.4, 0.5) is 8.78 Å². The molecule has 1 saturated heterocycles. The average molecular weight is 213 g/mol. The van der Waals surface area contributed by atoms with Crippen molar-refractivity contribution in [3.8, 4) is 5.75 Å². The molecule has 0 spiro atoms. The molecule has 2 rings (SSSR count). The Bertz CT molecular complexity index is 362. The van der Waals surface area contributed by atoms with E-state index in [9.17, 15) is 8.78 Å². The Hall–Kier alpha value is -1.16. The standard InChI is InChI=1S/C11H13F2NO/c1-15-11-6-9(13)8(12)5-7(11)10-3-2-4-14-10/h5-6,10,14H,2-4H2,1H3. The molecule has 2 nitrogen and oxygen atoms in total. The van der Waals surface area contributed by atoms with Crippen LogP contribution in [0.2, 0.25) is 0 Å². The number of hydrogen-bond donors (Lipinski definition) is 1. The second-order valence-corrected chi connectivity index (χ2v) is 3.66. The van der Waals surface area contributed by atoms with E-state index in [2.05, 4.69) is 5.32 Å². The van der Waals surface area contributed by atoms with Crippen molar-refractivity contribution in [3.63, 3.8) is 0 Å². The summed E-state index contributed by atoms with van der Waals surface area (Å²) in [6.07, 6.45) is 1.98. The van der Waals surface area contributed by atoms with Crippen LogP contribution in [-0.2, 0) is 0 Å². The van der Waals surface area contributed by atoms with Crippen LogP contribution in [0.5, 0.6) is 5.75 Å². The quantitative estimate of drug-likeness (QED) is 0.814. The minimum Gasteiger partial charge on any atom is -0.496 e. The maximum atomic E-state index is 13.1. The molecule has 4 heteroatoms. The Morgan fingerprint density at radius 1 is 1.33 bits per heavy atom. The molecule has 1 unspecified atom stereocenters. The molecule has 1 aliphatic heterocycles. The molecule has 0 bridgehead atoms. The van der Waals surface area contributed by atoms with E-state index in [-0.39, 0.29) is 6.04 Å². The predicted molar refractivity (Wildman–Crippen MR) is 52.9 cm³/mol. The van der Waals surface area contributed by atoms with Crippen molar-refractivity contribution < 1.29 is 13.5 Å². The van der Waals surface area contributed by atoms with Gasteiger partial charge in [0, 0.05) is 17.7 Å². The fraction of sp³-hybridized carbons (Fsp3) is 0.455. The smallest absolute Gasteiger partial charge is 0.162 e. The summed E-state index contributed by atoms with van der Waals surface area (Å²) in [6, 6.07) is 2.40. The van der Waals surface area contributed by atoms with Gasteiger partial charge in [0.05, 0.1) is 7.11 Å². The maximum Gasteiger partial charge on any atom is 0.162 e. The fourth-order valence-electron chi connectivity index (χ4n) is 1.94. The Labute approximate surface area is 87.2 Å². The molecule has 0 aliphatic carbocycles. The van der Waals surface area contributed by atoms with Crippen molar-refractivity contribution in [2.24, 2.45) is 0 Å². The molecule has 0 radical (unpaired) electrons. The van der Waals surface area contributed by atoms with Crippen LogP contribution in [0.1, 0.15) is 24.4 Å². The van der Waals surface area contributed by atoms with Crippen LogP contribution in [0, 0.1) is 11.6 Å². The van der Waals surface area contributed by atoms with Crippen molar-refractivity contribution in [1.82, 2.24) is 5.32 Å². The van der Waals surface area contributed by atoms with Crippen molar-refractivity contribution in [3.05, 3.63) is 29.3 Å². The van der Waals surface area contributed by atoms with Gasteiger partial charge in [-0.1, -0.05) is 0 Å². The highest BCUT2D eigenvalue weighted by atomic mass is 19.2. The second kappa shape index (κ2) is 4.14. The molecule has 1 atom stereocenters. The molecule has 82 valence electrons. The van der Waals surface area contributed by atoms with Crippen molar-refractivity contribution in [1.29, 1.82) is 0 Å².